The van der Waals surface area contributed by atoms with E-state index in [2.05, 4.69) is 10.2 Å². The molecule has 2 N–H and O–H groups in total. The molecule has 1 atom stereocenters. The van der Waals surface area contributed by atoms with Crippen molar-refractivity contribution in [2.45, 2.75) is 12.5 Å². The lowest BCUT2D eigenvalue weighted by Crippen LogP contribution is -2.32. The molecule has 1 aromatic heterocycles. The lowest BCUT2D eigenvalue weighted by atomic mass is 10.3. The lowest BCUT2D eigenvalue weighted by Gasteiger charge is -2.13. The van der Waals surface area contributed by atoms with Gasteiger partial charge in [0.25, 0.3) is 5.91 Å². The maximum atomic E-state index is 12.2. The van der Waals surface area contributed by atoms with Crippen LogP contribution in [0.25, 0.3) is 5.69 Å². The van der Waals surface area contributed by atoms with Gasteiger partial charge < -0.3 is 10.6 Å². The lowest BCUT2D eigenvalue weighted by molar-refractivity contribution is 0.0784. The predicted octanol–water partition coefficient (Wildman–Crippen LogP) is 0.440. The van der Waals surface area contributed by atoms with E-state index in [1.54, 1.807) is 4.90 Å². The Labute approximate surface area is 110 Å². The van der Waals surface area contributed by atoms with Gasteiger partial charge in [0, 0.05) is 19.1 Å². The Bertz CT molecular complexity index is 580. The summed E-state index contributed by atoms with van der Waals surface area (Å²) in [6, 6.07) is 9.58. The molecule has 1 aromatic carbocycles. The molecule has 2 aromatic rings. The molecule has 0 bridgehead atoms. The van der Waals surface area contributed by atoms with Crippen LogP contribution in [0.4, 0.5) is 0 Å². The van der Waals surface area contributed by atoms with Crippen LogP contribution >= 0.6 is 0 Å². The van der Waals surface area contributed by atoms with Crippen molar-refractivity contribution in [1.82, 2.24) is 19.9 Å². The maximum Gasteiger partial charge on any atom is 0.276 e. The smallest absolute Gasteiger partial charge is 0.276 e. The van der Waals surface area contributed by atoms with E-state index in [0.29, 0.717) is 18.8 Å². The van der Waals surface area contributed by atoms with Crippen LogP contribution in [0.3, 0.4) is 0 Å². The van der Waals surface area contributed by atoms with Crippen molar-refractivity contribution in [3.63, 3.8) is 0 Å². The Morgan fingerprint density at radius 3 is 2.79 bits per heavy atom. The molecule has 0 unspecified atom stereocenters. The summed E-state index contributed by atoms with van der Waals surface area (Å²) in [5.41, 5.74) is 6.99. The van der Waals surface area contributed by atoms with Gasteiger partial charge in [-0.2, -0.15) is 9.90 Å². The van der Waals surface area contributed by atoms with Gasteiger partial charge in [-0.05, 0) is 18.6 Å². The minimum atomic E-state index is -0.102. The zero-order valence-corrected chi connectivity index (χ0v) is 10.4. The number of nitrogens with zero attached hydrogens (tertiary/aromatic N) is 4. The van der Waals surface area contributed by atoms with Crippen LogP contribution in [0.5, 0.6) is 0 Å². The number of rotatable bonds is 2. The van der Waals surface area contributed by atoms with Gasteiger partial charge in [-0.1, -0.05) is 18.2 Å². The highest BCUT2D eigenvalue weighted by atomic mass is 16.2. The Balaban J connectivity index is 1.80. The highest BCUT2D eigenvalue weighted by molar-refractivity contribution is 5.92. The summed E-state index contributed by atoms with van der Waals surface area (Å²) in [6.07, 6.45) is 2.34. The predicted molar refractivity (Wildman–Crippen MR) is 69.9 cm³/mol. The van der Waals surface area contributed by atoms with Gasteiger partial charge in [-0.3, -0.25) is 4.79 Å². The van der Waals surface area contributed by atoms with Crippen LogP contribution in [0.2, 0.25) is 0 Å². The van der Waals surface area contributed by atoms with E-state index in [1.807, 2.05) is 30.3 Å². The quantitative estimate of drug-likeness (QED) is 0.847. The van der Waals surface area contributed by atoms with Crippen molar-refractivity contribution >= 4 is 5.91 Å². The van der Waals surface area contributed by atoms with Gasteiger partial charge >= 0.3 is 0 Å². The minimum Gasteiger partial charge on any atom is -0.336 e. The number of amides is 1. The second-order valence-electron chi connectivity index (χ2n) is 4.65. The molecule has 1 aliphatic heterocycles. The molecule has 1 fully saturated rings. The molecule has 0 spiro atoms. The molecular formula is C13H15N5O. The first-order chi connectivity index (χ1) is 9.24. The number of hydrogen-bond donors (Lipinski definition) is 1. The second-order valence-corrected chi connectivity index (χ2v) is 4.65. The van der Waals surface area contributed by atoms with Crippen molar-refractivity contribution in [1.29, 1.82) is 0 Å². The fraction of sp³-hybridized carbons (Fsp3) is 0.308. The zero-order valence-electron chi connectivity index (χ0n) is 10.4. The number of aromatic nitrogens is 3. The molecule has 0 aliphatic carbocycles. The van der Waals surface area contributed by atoms with Crippen molar-refractivity contribution in [2.24, 2.45) is 5.73 Å². The van der Waals surface area contributed by atoms with Crippen LogP contribution in [0.15, 0.2) is 36.5 Å². The summed E-state index contributed by atoms with van der Waals surface area (Å²) in [5.74, 6) is -0.102. The van der Waals surface area contributed by atoms with Crippen molar-refractivity contribution in [3.05, 3.63) is 42.2 Å². The topological polar surface area (TPSA) is 77.0 Å². The van der Waals surface area contributed by atoms with Crippen LogP contribution in [0, 0.1) is 0 Å². The van der Waals surface area contributed by atoms with Gasteiger partial charge in [-0.25, -0.2) is 0 Å². The van der Waals surface area contributed by atoms with Crippen LogP contribution in [-0.2, 0) is 0 Å². The number of benzene rings is 1. The summed E-state index contributed by atoms with van der Waals surface area (Å²) in [6.45, 7) is 1.29. The zero-order chi connectivity index (χ0) is 13.2. The van der Waals surface area contributed by atoms with Crippen molar-refractivity contribution in [2.75, 3.05) is 13.1 Å². The molecule has 1 saturated heterocycles. The molecule has 1 amide bonds. The van der Waals surface area contributed by atoms with Gasteiger partial charge in [0.05, 0.1) is 11.9 Å². The Kier molecular flexibility index (Phi) is 3.00. The van der Waals surface area contributed by atoms with E-state index in [0.717, 1.165) is 12.1 Å². The third-order valence-electron chi connectivity index (χ3n) is 3.21. The normalized spacial score (nSPS) is 18.8. The van der Waals surface area contributed by atoms with Crippen molar-refractivity contribution in [3.8, 4) is 5.69 Å². The van der Waals surface area contributed by atoms with Crippen LogP contribution in [0.1, 0.15) is 16.9 Å². The molecule has 6 nitrogen and oxygen atoms in total. The summed E-state index contributed by atoms with van der Waals surface area (Å²) in [4.78, 5) is 15.4. The Morgan fingerprint density at radius 1 is 1.32 bits per heavy atom. The fourth-order valence-electron chi connectivity index (χ4n) is 2.18. The summed E-state index contributed by atoms with van der Waals surface area (Å²) in [7, 11) is 0. The molecule has 6 heteroatoms. The highest BCUT2D eigenvalue weighted by Crippen LogP contribution is 2.11. The first-order valence-corrected chi connectivity index (χ1v) is 6.26. The first-order valence-electron chi connectivity index (χ1n) is 6.26. The van der Waals surface area contributed by atoms with Crippen LogP contribution < -0.4 is 5.73 Å². The molecule has 98 valence electrons. The molecule has 3 rings (SSSR count). The number of nitrogens with two attached hydrogens (primary N) is 1. The van der Waals surface area contributed by atoms with Gasteiger partial charge in [0.2, 0.25) is 0 Å². The summed E-state index contributed by atoms with van der Waals surface area (Å²) < 4.78 is 0. The SMILES string of the molecule is N[C@@H]1CCN(C(=O)c2cnn(-c3ccccc3)n2)C1. The number of likely N-dealkylation sites (tertiary alicyclic amines) is 1. The van der Waals surface area contributed by atoms with E-state index < -0.39 is 0 Å². The molecule has 19 heavy (non-hydrogen) atoms. The van der Waals surface area contributed by atoms with E-state index in [9.17, 15) is 4.79 Å². The molecule has 2 heterocycles. The van der Waals surface area contributed by atoms with E-state index >= 15 is 0 Å². The minimum absolute atomic E-state index is 0.0770. The number of para-hydroxylation sites is 1. The summed E-state index contributed by atoms with van der Waals surface area (Å²) in [5, 5.41) is 8.35. The molecular weight excluding hydrogens is 242 g/mol. The first kappa shape index (κ1) is 11.9. The maximum absolute atomic E-state index is 12.2. The van der Waals surface area contributed by atoms with Gasteiger partial charge in [-0.15, -0.1) is 5.10 Å². The Hall–Kier alpha value is -2.21. The third-order valence-corrected chi connectivity index (χ3v) is 3.21. The second kappa shape index (κ2) is 4.81. The van der Waals surface area contributed by atoms with Gasteiger partial charge in [0.15, 0.2) is 5.69 Å². The number of carbonyl (C=O) groups is 1. The molecule has 1 aliphatic rings. The van der Waals surface area contributed by atoms with Gasteiger partial charge in [0.1, 0.15) is 0 Å². The van der Waals surface area contributed by atoms with Crippen molar-refractivity contribution < 1.29 is 4.79 Å². The summed E-state index contributed by atoms with van der Waals surface area (Å²) >= 11 is 0. The Morgan fingerprint density at radius 2 is 2.11 bits per heavy atom. The average Bonchev–Trinajstić information content (AvgIpc) is 3.08. The average molecular weight is 257 g/mol. The van der Waals surface area contributed by atoms with E-state index in [1.165, 1.54) is 11.0 Å². The van der Waals surface area contributed by atoms with Crippen LogP contribution in [-0.4, -0.2) is 44.9 Å². The molecule has 0 radical (unpaired) electrons. The highest BCUT2D eigenvalue weighted by Gasteiger charge is 2.26. The fourth-order valence-corrected chi connectivity index (χ4v) is 2.18. The standard InChI is InChI=1S/C13H15N5O/c14-10-6-7-17(9-10)13(19)12-8-15-18(16-12)11-4-2-1-3-5-11/h1-5,8,10H,6-7,9,14H2/t10-/m1/s1. The third kappa shape index (κ3) is 2.34. The number of carbonyl (C=O) groups excluding carboxylic acids is 1. The molecule has 0 saturated carbocycles. The van der Waals surface area contributed by atoms with E-state index in [-0.39, 0.29) is 11.9 Å². The van der Waals surface area contributed by atoms with E-state index in [4.69, 9.17) is 5.73 Å². The monoisotopic (exact) mass is 257 g/mol. The number of hydrogen-bond acceptors (Lipinski definition) is 4. The largest absolute Gasteiger partial charge is 0.336 e.